The highest BCUT2D eigenvalue weighted by molar-refractivity contribution is 5.29. The van der Waals surface area contributed by atoms with Crippen LogP contribution in [0.4, 0.5) is 8.78 Å². The van der Waals surface area contributed by atoms with Gasteiger partial charge in [-0.05, 0) is 17.5 Å². The van der Waals surface area contributed by atoms with Crippen molar-refractivity contribution >= 4 is 0 Å². The summed E-state index contributed by atoms with van der Waals surface area (Å²) in [5.41, 5.74) is 7.47. The maximum absolute atomic E-state index is 13.1. The van der Waals surface area contributed by atoms with E-state index in [1.54, 1.807) is 4.90 Å². The zero-order valence-electron chi connectivity index (χ0n) is 9.13. The Morgan fingerprint density at radius 1 is 1.25 bits per heavy atom. The third-order valence-corrected chi connectivity index (χ3v) is 2.96. The Labute approximate surface area is 94.0 Å². The van der Waals surface area contributed by atoms with Crippen molar-refractivity contribution in [3.63, 3.8) is 0 Å². The minimum Gasteiger partial charge on any atom is -0.325 e. The van der Waals surface area contributed by atoms with Gasteiger partial charge in [0.05, 0.1) is 13.1 Å². The van der Waals surface area contributed by atoms with Gasteiger partial charge in [0.15, 0.2) is 0 Å². The molecule has 4 heteroatoms. The van der Waals surface area contributed by atoms with E-state index in [9.17, 15) is 8.78 Å². The summed E-state index contributed by atoms with van der Waals surface area (Å²) < 4.78 is 26.3. The number of fused-ring (bicyclic) bond motifs is 1. The molecule has 0 spiro atoms. The van der Waals surface area contributed by atoms with Crippen molar-refractivity contribution < 1.29 is 8.78 Å². The van der Waals surface area contributed by atoms with Crippen molar-refractivity contribution in [3.8, 4) is 0 Å². The van der Waals surface area contributed by atoms with E-state index in [0.29, 0.717) is 13.1 Å². The van der Waals surface area contributed by atoms with Gasteiger partial charge in [-0.25, -0.2) is 8.78 Å². The minimum absolute atomic E-state index is 0.238. The van der Waals surface area contributed by atoms with Crippen LogP contribution in [0.1, 0.15) is 11.1 Å². The topological polar surface area (TPSA) is 29.3 Å². The van der Waals surface area contributed by atoms with Gasteiger partial charge in [0.1, 0.15) is 0 Å². The quantitative estimate of drug-likeness (QED) is 0.849. The molecular weight excluding hydrogens is 210 g/mol. The number of nitrogens with two attached hydrogens (primary N) is 1. The Balaban J connectivity index is 2.03. The molecule has 0 unspecified atom stereocenters. The van der Waals surface area contributed by atoms with Crippen molar-refractivity contribution in [3.05, 3.63) is 35.4 Å². The van der Waals surface area contributed by atoms with E-state index in [2.05, 4.69) is 6.07 Å². The van der Waals surface area contributed by atoms with Gasteiger partial charge in [0.25, 0.3) is 5.92 Å². The average Bonchev–Trinajstić information content (AvgIpc) is 2.28. The fourth-order valence-electron chi connectivity index (χ4n) is 2.08. The second-order valence-electron chi connectivity index (χ2n) is 4.29. The van der Waals surface area contributed by atoms with Crippen LogP contribution >= 0.6 is 0 Å². The number of halogens is 2. The molecule has 88 valence electrons. The van der Waals surface area contributed by atoms with E-state index in [0.717, 1.165) is 12.0 Å². The highest BCUT2D eigenvalue weighted by atomic mass is 19.3. The Morgan fingerprint density at radius 3 is 2.62 bits per heavy atom. The highest BCUT2D eigenvalue weighted by Gasteiger charge is 2.31. The molecule has 1 aliphatic rings. The van der Waals surface area contributed by atoms with Gasteiger partial charge >= 0.3 is 0 Å². The molecule has 0 amide bonds. The Kier molecular flexibility index (Phi) is 3.21. The number of alkyl halides is 2. The van der Waals surface area contributed by atoms with Crippen LogP contribution in [0.25, 0.3) is 0 Å². The third-order valence-electron chi connectivity index (χ3n) is 2.96. The summed E-state index contributed by atoms with van der Waals surface area (Å²) in [5.74, 6) is -2.77. The van der Waals surface area contributed by atoms with Gasteiger partial charge in [-0.1, -0.05) is 24.3 Å². The van der Waals surface area contributed by atoms with Crippen molar-refractivity contribution in [1.82, 2.24) is 4.90 Å². The molecular formula is C12H16F2N2. The summed E-state index contributed by atoms with van der Waals surface area (Å²) in [6, 6.07) is 8.00. The first-order chi connectivity index (χ1) is 7.61. The summed E-state index contributed by atoms with van der Waals surface area (Å²) in [4.78, 5) is 1.77. The van der Waals surface area contributed by atoms with Crippen LogP contribution in [-0.4, -0.2) is 30.5 Å². The minimum atomic E-state index is -2.77. The largest absolute Gasteiger partial charge is 0.325 e. The van der Waals surface area contributed by atoms with E-state index in [1.165, 1.54) is 5.56 Å². The van der Waals surface area contributed by atoms with Crippen molar-refractivity contribution in [1.29, 1.82) is 0 Å². The Hall–Kier alpha value is -1.00. The first kappa shape index (κ1) is 11.5. The van der Waals surface area contributed by atoms with Crippen LogP contribution in [0.3, 0.4) is 0 Å². The third kappa shape index (κ3) is 2.57. The van der Waals surface area contributed by atoms with Gasteiger partial charge in [-0.2, -0.15) is 0 Å². The molecule has 1 aromatic rings. The predicted molar refractivity (Wildman–Crippen MR) is 59.4 cm³/mol. The second kappa shape index (κ2) is 4.47. The maximum atomic E-state index is 13.1. The van der Waals surface area contributed by atoms with Crippen LogP contribution in [0.15, 0.2) is 24.3 Å². The predicted octanol–water partition coefficient (Wildman–Crippen LogP) is 1.64. The summed E-state index contributed by atoms with van der Waals surface area (Å²) in [5, 5.41) is 0. The van der Waals surface area contributed by atoms with Crippen molar-refractivity contribution in [2.24, 2.45) is 5.73 Å². The van der Waals surface area contributed by atoms with Crippen LogP contribution in [0.2, 0.25) is 0 Å². The smallest absolute Gasteiger partial charge is 0.272 e. The molecule has 0 fully saturated rings. The van der Waals surface area contributed by atoms with Crippen LogP contribution in [0.5, 0.6) is 0 Å². The number of rotatable bonds is 3. The molecule has 1 aliphatic heterocycles. The van der Waals surface area contributed by atoms with E-state index >= 15 is 0 Å². The molecule has 0 aromatic heterocycles. The first-order valence-corrected chi connectivity index (χ1v) is 5.48. The summed E-state index contributed by atoms with van der Waals surface area (Å²) >= 11 is 0. The Bertz CT molecular complexity index is 366. The zero-order valence-corrected chi connectivity index (χ0v) is 9.13. The first-order valence-electron chi connectivity index (χ1n) is 5.48. The zero-order chi connectivity index (χ0) is 11.6. The lowest BCUT2D eigenvalue weighted by Crippen LogP contribution is -2.43. The molecule has 2 nitrogen and oxygen atoms in total. The molecule has 0 bridgehead atoms. The molecule has 0 aliphatic carbocycles. The molecule has 0 atom stereocenters. The molecule has 0 saturated carbocycles. The van der Waals surface area contributed by atoms with E-state index in [4.69, 9.17) is 5.73 Å². The highest BCUT2D eigenvalue weighted by Crippen LogP contribution is 2.21. The van der Waals surface area contributed by atoms with Gasteiger partial charge < -0.3 is 5.73 Å². The summed E-state index contributed by atoms with van der Waals surface area (Å²) in [6.45, 7) is 0.474. The monoisotopic (exact) mass is 226 g/mol. The lowest BCUT2D eigenvalue weighted by atomic mass is 10.00. The molecule has 0 saturated heterocycles. The van der Waals surface area contributed by atoms with Gasteiger partial charge in [-0.15, -0.1) is 0 Å². The van der Waals surface area contributed by atoms with E-state index in [1.807, 2.05) is 18.2 Å². The number of hydrogen-bond acceptors (Lipinski definition) is 2. The molecule has 2 rings (SSSR count). The summed E-state index contributed by atoms with van der Waals surface area (Å²) in [7, 11) is 0. The van der Waals surface area contributed by atoms with E-state index in [-0.39, 0.29) is 6.54 Å². The van der Waals surface area contributed by atoms with Crippen molar-refractivity contribution in [2.45, 2.75) is 18.9 Å². The average molecular weight is 226 g/mol. The SMILES string of the molecule is NCC(F)(F)CN1CCc2ccccc2C1. The molecule has 1 aromatic carbocycles. The normalized spacial score (nSPS) is 17.2. The number of hydrogen-bond donors (Lipinski definition) is 1. The Morgan fingerprint density at radius 2 is 1.94 bits per heavy atom. The molecule has 16 heavy (non-hydrogen) atoms. The van der Waals surface area contributed by atoms with Crippen LogP contribution in [-0.2, 0) is 13.0 Å². The summed E-state index contributed by atoms with van der Waals surface area (Å²) in [6.07, 6.45) is 0.844. The van der Waals surface area contributed by atoms with E-state index < -0.39 is 12.5 Å². The lowest BCUT2D eigenvalue weighted by molar-refractivity contribution is -0.0267. The van der Waals surface area contributed by atoms with Gasteiger partial charge in [0.2, 0.25) is 0 Å². The van der Waals surface area contributed by atoms with Gasteiger partial charge in [0, 0.05) is 13.1 Å². The van der Waals surface area contributed by atoms with Gasteiger partial charge in [-0.3, -0.25) is 4.90 Å². The second-order valence-corrected chi connectivity index (χ2v) is 4.29. The number of benzene rings is 1. The fraction of sp³-hybridized carbons (Fsp3) is 0.500. The molecule has 2 N–H and O–H groups in total. The van der Waals surface area contributed by atoms with Crippen LogP contribution < -0.4 is 5.73 Å². The maximum Gasteiger partial charge on any atom is 0.272 e. The molecule has 1 heterocycles. The molecule has 0 radical (unpaired) electrons. The number of nitrogens with zero attached hydrogens (tertiary/aromatic N) is 1. The van der Waals surface area contributed by atoms with Crippen molar-refractivity contribution in [2.75, 3.05) is 19.6 Å². The standard InChI is InChI=1S/C12H16F2N2/c13-12(14,8-15)9-16-6-5-10-3-1-2-4-11(10)7-16/h1-4H,5-9,15H2. The van der Waals surface area contributed by atoms with Crippen LogP contribution in [0, 0.1) is 0 Å². The fourth-order valence-corrected chi connectivity index (χ4v) is 2.08. The lowest BCUT2D eigenvalue weighted by Gasteiger charge is -2.31.